The number of thiocarbonyl (C=S) groups is 1. The number of amides is 1. The predicted octanol–water partition coefficient (Wildman–Crippen LogP) is 7.66. The molecule has 0 spiro atoms. The first kappa shape index (κ1) is 29.4. The summed E-state index contributed by atoms with van der Waals surface area (Å²) in [6.07, 6.45) is -2.68. The first-order valence-electron chi connectivity index (χ1n) is 14.2. The van der Waals surface area contributed by atoms with Gasteiger partial charge in [-0.1, -0.05) is 54.6 Å². The molecule has 0 unspecified atom stereocenters. The number of pyridine rings is 1. The summed E-state index contributed by atoms with van der Waals surface area (Å²) < 4.78 is 43.7. The van der Waals surface area contributed by atoms with Crippen molar-refractivity contribution < 1.29 is 18.0 Å². The second-order valence-electron chi connectivity index (χ2n) is 10.8. The number of rotatable bonds is 7. The summed E-state index contributed by atoms with van der Waals surface area (Å²) in [6.45, 7) is 3.90. The summed E-state index contributed by atoms with van der Waals surface area (Å²) in [5.41, 5.74) is 2.93. The molecule has 1 fully saturated rings. The number of fused-ring (bicyclic) bond motifs is 1. The van der Waals surface area contributed by atoms with Crippen molar-refractivity contribution in [3.05, 3.63) is 125 Å². The van der Waals surface area contributed by atoms with Crippen LogP contribution in [0.5, 0.6) is 0 Å². The number of aryl methyl sites for hydroxylation is 1. The Bertz CT molecular complexity index is 1850. The van der Waals surface area contributed by atoms with Crippen molar-refractivity contribution in [1.29, 1.82) is 0 Å². The van der Waals surface area contributed by atoms with Gasteiger partial charge in [-0.25, -0.2) is 0 Å². The van der Waals surface area contributed by atoms with Crippen molar-refractivity contribution in [3.8, 4) is 5.69 Å². The minimum absolute atomic E-state index is 0.0604. The Morgan fingerprint density at radius 1 is 0.977 bits per heavy atom. The Morgan fingerprint density at radius 2 is 1.70 bits per heavy atom. The zero-order valence-corrected chi connectivity index (χ0v) is 24.9. The van der Waals surface area contributed by atoms with Crippen LogP contribution in [-0.2, 0) is 11.0 Å². The second kappa shape index (κ2) is 11.8. The molecule has 2 N–H and O–H groups in total. The Balaban J connectivity index is 1.34. The molecule has 0 saturated carbocycles. The number of nitrogens with zero attached hydrogens (tertiary/aromatic N) is 3. The minimum atomic E-state index is -4.52. The fraction of sp³-hybridized carbons (Fsp3) is 0.206. The van der Waals surface area contributed by atoms with Gasteiger partial charge < -0.3 is 20.1 Å². The number of alkyl halides is 3. The van der Waals surface area contributed by atoms with Crippen molar-refractivity contribution in [2.75, 3.05) is 11.9 Å². The topological polar surface area (TPSA) is 62.2 Å². The van der Waals surface area contributed by atoms with Crippen LogP contribution < -0.4 is 10.6 Å². The van der Waals surface area contributed by atoms with Gasteiger partial charge in [0, 0.05) is 41.6 Å². The van der Waals surface area contributed by atoms with E-state index in [9.17, 15) is 18.0 Å². The van der Waals surface area contributed by atoms with E-state index >= 15 is 0 Å². The van der Waals surface area contributed by atoms with E-state index in [0.29, 0.717) is 23.0 Å². The average molecular weight is 614 g/mol. The predicted molar refractivity (Wildman–Crippen MR) is 170 cm³/mol. The van der Waals surface area contributed by atoms with E-state index in [0.717, 1.165) is 33.8 Å². The number of carbonyl (C=O) groups is 1. The van der Waals surface area contributed by atoms with Gasteiger partial charge in [0.2, 0.25) is 5.91 Å². The summed E-state index contributed by atoms with van der Waals surface area (Å²) in [6, 6.07) is 25.9. The van der Waals surface area contributed by atoms with Crippen LogP contribution in [0.2, 0.25) is 0 Å². The quantitative estimate of drug-likeness (QED) is 0.185. The number of para-hydroxylation sites is 1. The van der Waals surface area contributed by atoms with Gasteiger partial charge in [-0.15, -0.1) is 0 Å². The highest BCUT2D eigenvalue weighted by atomic mass is 32.1. The van der Waals surface area contributed by atoms with Gasteiger partial charge in [0.25, 0.3) is 0 Å². The van der Waals surface area contributed by atoms with Crippen LogP contribution in [0.3, 0.4) is 0 Å². The molecule has 3 heterocycles. The third-order valence-corrected chi connectivity index (χ3v) is 8.43. The number of carbonyl (C=O) groups excluding carboxylic acids is 1. The highest BCUT2D eigenvalue weighted by Crippen LogP contribution is 2.43. The maximum absolute atomic E-state index is 14.0. The number of hydrogen-bond donors (Lipinski definition) is 2. The summed E-state index contributed by atoms with van der Waals surface area (Å²) in [5, 5.41) is 8.83. The molecular formula is C34H30F3N5OS. The Kier molecular flexibility index (Phi) is 7.85. The molecule has 5 aromatic rings. The van der Waals surface area contributed by atoms with Crippen molar-refractivity contribution >= 4 is 39.7 Å². The van der Waals surface area contributed by atoms with E-state index in [2.05, 4.69) is 15.6 Å². The number of benzene rings is 3. The van der Waals surface area contributed by atoms with Gasteiger partial charge in [-0.2, -0.15) is 13.2 Å². The summed E-state index contributed by atoms with van der Waals surface area (Å²) in [4.78, 5) is 19.7. The highest BCUT2D eigenvalue weighted by molar-refractivity contribution is 7.80. The number of anilines is 1. The van der Waals surface area contributed by atoms with Gasteiger partial charge in [-0.05, 0) is 73.4 Å². The lowest BCUT2D eigenvalue weighted by Crippen LogP contribution is -2.33. The molecule has 0 radical (unpaired) electrons. The number of hydrogen-bond acceptors (Lipinski definition) is 3. The monoisotopic (exact) mass is 613 g/mol. The van der Waals surface area contributed by atoms with Crippen LogP contribution in [0.25, 0.3) is 16.5 Å². The van der Waals surface area contributed by atoms with Crippen LogP contribution in [0.15, 0.2) is 97.2 Å². The molecule has 2 aromatic heterocycles. The molecule has 3 aromatic carbocycles. The van der Waals surface area contributed by atoms with E-state index in [-0.39, 0.29) is 24.1 Å². The van der Waals surface area contributed by atoms with Crippen LogP contribution in [0, 0.1) is 13.8 Å². The molecule has 1 saturated heterocycles. The molecule has 6 rings (SSSR count). The van der Waals surface area contributed by atoms with Crippen LogP contribution >= 0.6 is 12.2 Å². The van der Waals surface area contributed by atoms with Gasteiger partial charge in [0.1, 0.15) is 0 Å². The molecule has 1 aliphatic heterocycles. The fourth-order valence-corrected chi connectivity index (χ4v) is 6.45. The van der Waals surface area contributed by atoms with Gasteiger partial charge in [0.15, 0.2) is 5.11 Å². The van der Waals surface area contributed by atoms with E-state index in [4.69, 9.17) is 12.2 Å². The molecule has 2 atom stereocenters. The number of nitrogens with one attached hydrogen (secondary N) is 2. The molecule has 224 valence electrons. The van der Waals surface area contributed by atoms with E-state index in [1.54, 1.807) is 23.8 Å². The normalized spacial score (nSPS) is 16.8. The highest BCUT2D eigenvalue weighted by Gasteiger charge is 2.42. The van der Waals surface area contributed by atoms with Crippen molar-refractivity contribution in [2.45, 2.75) is 38.5 Å². The second-order valence-corrected chi connectivity index (χ2v) is 11.2. The third-order valence-electron chi connectivity index (χ3n) is 8.08. The van der Waals surface area contributed by atoms with E-state index in [1.165, 1.54) is 12.1 Å². The number of aromatic nitrogens is 2. The van der Waals surface area contributed by atoms with Crippen molar-refractivity contribution in [2.24, 2.45) is 0 Å². The zero-order valence-electron chi connectivity index (χ0n) is 24.1. The summed E-state index contributed by atoms with van der Waals surface area (Å²) >= 11 is 5.79. The SMILES string of the molecule is Cc1cc([C@H]2[C@H](c3ccccn3)NC(=S)N2CCC(=O)Nc2cccc3ccccc23)c(C)n1-c1ccccc1C(F)(F)F. The largest absolute Gasteiger partial charge is 0.418 e. The first-order valence-corrected chi connectivity index (χ1v) is 14.7. The van der Waals surface area contributed by atoms with Gasteiger partial charge in [-0.3, -0.25) is 9.78 Å². The smallest absolute Gasteiger partial charge is 0.352 e. The lowest BCUT2D eigenvalue weighted by Gasteiger charge is -2.28. The lowest BCUT2D eigenvalue weighted by molar-refractivity contribution is -0.137. The van der Waals surface area contributed by atoms with Crippen LogP contribution in [-0.4, -0.2) is 32.0 Å². The molecule has 44 heavy (non-hydrogen) atoms. The summed E-state index contributed by atoms with van der Waals surface area (Å²) in [5.74, 6) is -0.172. The van der Waals surface area contributed by atoms with Crippen LogP contribution in [0.4, 0.5) is 18.9 Å². The third kappa shape index (κ3) is 5.53. The van der Waals surface area contributed by atoms with Gasteiger partial charge in [0.05, 0.1) is 29.0 Å². The molecule has 10 heteroatoms. The van der Waals surface area contributed by atoms with E-state index in [1.807, 2.05) is 78.6 Å². The molecule has 1 aliphatic rings. The van der Waals surface area contributed by atoms with Crippen LogP contribution in [0.1, 0.15) is 46.7 Å². The Morgan fingerprint density at radius 3 is 2.48 bits per heavy atom. The molecule has 1 amide bonds. The lowest BCUT2D eigenvalue weighted by atomic mass is 9.96. The molecule has 0 bridgehead atoms. The van der Waals surface area contributed by atoms with Gasteiger partial charge >= 0.3 is 6.18 Å². The maximum Gasteiger partial charge on any atom is 0.418 e. The maximum atomic E-state index is 14.0. The Labute approximate surface area is 258 Å². The average Bonchev–Trinajstić information content (AvgIpc) is 3.50. The summed E-state index contributed by atoms with van der Waals surface area (Å²) in [7, 11) is 0. The number of halogens is 3. The zero-order chi connectivity index (χ0) is 31.0. The van der Waals surface area contributed by atoms with E-state index < -0.39 is 17.8 Å². The Hall–Kier alpha value is -4.70. The molecule has 0 aliphatic carbocycles. The van der Waals surface area contributed by atoms with Crippen molar-refractivity contribution in [3.63, 3.8) is 0 Å². The fourth-order valence-electron chi connectivity index (χ4n) is 6.12. The van der Waals surface area contributed by atoms with Crippen molar-refractivity contribution in [1.82, 2.24) is 19.8 Å². The standard InChI is InChI=1S/C34H30F3N5OS/c1-21-20-25(22(2)42(21)29-16-6-5-13-26(29)34(35,36)37)32-31(28-14-7-8-18-38-28)40-33(44)41(32)19-17-30(43)39-27-15-9-11-23-10-3-4-12-24(23)27/h3-16,18,20,31-32H,17,19H2,1-2H3,(H,39,43)(H,40,44)/t31-,32-/m0/s1. The minimum Gasteiger partial charge on any atom is -0.352 e. The first-order chi connectivity index (χ1) is 21.1. The molecular weight excluding hydrogens is 583 g/mol. The molecule has 6 nitrogen and oxygen atoms in total.